The van der Waals surface area contributed by atoms with Crippen molar-refractivity contribution in [1.82, 2.24) is 9.88 Å². The Labute approximate surface area is 138 Å². The number of amides is 1. The molecule has 1 amide bonds. The Hall–Kier alpha value is -1.98. The van der Waals surface area contributed by atoms with Gasteiger partial charge in [-0.05, 0) is 23.8 Å². The fourth-order valence-electron chi connectivity index (χ4n) is 2.80. The molecule has 1 aliphatic heterocycles. The van der Waals surface area contributed by atoms with E-state index in [9.17, 15) is 14.3 Å². The Morgan fingerprint density at radius 2 is 2.04 bits per heavy atom. The lowest BCUT2D eigenvalue weighted by atomic mass is 10.1. The van der Waals surface area contributed by atoms with Crippen LogP contribution in [0.2, 0.25) is 5.02 Å². The van der Waals surface area contributed by atoms with Gasteiger partial charge in [0.1, 0.15) is 6.17 Å². The predicted molar refractivity (Wildman–Crippen MR) is 86.1 cm³/mol. The van der Waals surface area contributed by atoms with E-state index in [1.54, 1.807) is 24.4 Å². The smallest absolute Gasteiger partial charge is 0.255 e. The zero-order chi connectivity index (χ0) is 16.4. The van der Waals surface area contributed by atoms with Gasteiger partial charge < -0.3 is 10.0 Å². The molecule has 0 spiro atoms. The van der Waals surface area contributed by atoms with E-state index in [1.165, 1.54) is 11.1 Å². The molecule has 2 heterocycles. The van der Waals surface area contributed by atoms with Crippen molar-refractivity contribution < 1.29 is 14.3 Å². The van der Waals surface area contributed by atoms with Crippen LogP contribution in [0.15, 0.2) is 42.7 Å². The lowest BCUT2D eigenvalue weighted by molar-refractivity contribution is 0.0672. The van der Waals surface area contributed by atoms with Gasteiger partial charge in [-0.1, -0.05) is 23.7 Å². The highest BCUT2D eigenvalue weighted by Crippen LogP contribution is 2.25. The van der Waals surface area contributed by atoms with Gasteiger partial charge in [0.05, 0.1) is 24.8 Å². The van der Waals surface area contributed by atoms with Crippen molar-refractivity contribution in [3.05, 3.63) is 53.3 Å². The van der Waals surface area contributed by atoms with Gasteiger partial charge >= 0.3 is 0 Å². The lowest BCUT2D eigenvalue weighted by Crippen LogP contribution is -2.37. The van der Waals surface area contributed by atoms with Crippen LogP contribution in [-0.4, -0.2) is 46.3 Å². The van der Waals surface area contributed by atoms with Gasteiger partial charge in [-0.25, -0.2) is 4.39 Å². The van der Waals surface area contributed by atoms with Crippen LogP contribution in [0.4, 0.5) is 4.39 Å². The van der Waals surface area contributed by atoms with Crippen LogP contribution < -0.4 is 0 Å². The second-order valence-corrected chi connectivity index (χ2v) is 6.03. The number of aliphatic hydroxyl groups is 1. The fraction of sp³-hybridized carbons (Fsp3) is 0.294. The molecule has 120 valence electrons. The molecule has 0 unspecified atom stereocenters. The monoisotopic (exact) mass is 334 g/mol. The molecular formula is C17H16ClFN2O2. The second-order valence-electron chi connectivity index (χ2n) is 5.60. The number of carbonyl (C=O) groups excluding carboxylic acids is 1. The number of carbonyl (C=O) groups is 1. The van der Waals surface area contributed by atoms with Gasteiger partial charge in [0, 0.05) is 29.4 Å². The molecule has 3 rings (SSSR count). The number of hydrogen-bond donors (Lipinski definition) is 1. The molecule has 2 atom stereocenters. The number of pyridine rings is 1. The number of hydrogen-bond acceptors (Lipinski definition) is 3. The summed E-state index contributed by atoms with van der Waals surface area (Å²) >= 11 is 5.88. The highest BCUT2D eigenvalue weighted by Gasteiger charge is 2.35. The third-order valence-electron chi connectivity index (χ3n) is 4.00. The van der Waals surface area contributed by atoms with Crippen LogP contribution in [0.3, 0.4) is 0 Å². The fourth-order valence-corrected chi connectivity index (χ4v) is 2.93. The molecule has 1 aromatic heterocycles. The summed E-state index contributed by atoms with van der Waals surface area (Å²) < 4.78 is 13.5. The Kier molecular flexibility index (Phi) is 4.59. The quantitative estimate of drug-likeness (QED) is 0.939. The van der Waals surface area contributed by atoms with Crippen molar-refractivity contribution in [2.75, 3.05) is 13.2 Å². The molecule has 0 aliphatic carbocycles. The number of likely N-dealkylation sites (tertiary alicyclic amines) is 1. The first kappa shape index (κ1) is 15.9. The average Bonchev–Trinajstić information content (AvgIpc) is 2.96. The number of alkyl halides is 1. The minimum Gasteiger partial charge on any atom is -0.394 e. The maximum Gasteiger partial charge on any atom is 0.255 e. The van der Waals surface area contributed by atoms with Gasteiger partial charge in [-0.2, -0.15) is 0 Å². The maximum absolute atomic E-state index is 13.5. The molecule has 2 aromatic rings. The van der Waals surface area contributed by atoms with E-state index in [0.717, 1.165) is 11.1 Å². The lowest BCUT2D eigenvalue weighted by Gasteiger charge is -2.22. The second kappa shape index (κ2) is 6.64. The van der Waals surface area contributed by atoms with E-state index in [4.69, 9.17) is 11.6 Å². The first-order valence-corrected chi connectivity index (χ1v) is 7.73. The van der Waals surface area contributed by atoms with Gasteiger partial charge in [-0.15, -0.1) is 0 Å². The van der Waals surface area contributed by atoms with E-state index in [0.29, 0.717) is 10.6 Å². The molecule has 1 aromatic carbocycles. The maximum atomic E-state index is 13.5. The predicted octanol–water partition coefficient (Wildman–Crippen LogP) is 2.95. The zero-order valence-corrected chi connectivity index (χ0v) is 13.1. The first-order chi connectivity index (χ1) is 11.1. The summed E-state index contributed by atoms with van der Waals surface area (Å²) in [6, 6.07) is 8.47. The zero-order valence-electron chi connectivity index (χ0n) is 12.3. The highest BCUT2D eigenvalue weighted by atomic mass is 35.5. The van der Waals surface area contributed by atoms with Crippen LogP contribution in [0.25, 0.3) is 11.1 Å². The summed E-state index contributed by atoms with van der Waals surface area (Å²) in [4.78, 5) is 18.1. The van der Waals surface area contributed by atoms with Crippen LogP contribution in [0.1, 0.15) is 16.8 Å². The molecule has 0 radical (unpaired) electrons. The van der Waals surface area contributed by atoms with Crippen LogP contribution in [0.5, 0.6) is 0 Å². The Morgan fingerprint density at radius 1 is 1.30 bits per heavy atom. The van der Waals surface area contributed by atoms with E-state index < -0.39 is 12.2 Å². The minimum absolute atomic E-state index is 0.00916. The molecule has 0 bridgehead atoms. The van der Waals surface area contributed by atoms with E-state index in [1.807, 2.05) is 12.1 Å². The minimum atomic E-state index is -1.09. The Morgan fingerprint density at radius 3 is 2.74 bits per heavy atom. The van der Waals surface area contributed by atoms with Gasteiger partial charge in [0.25, 0.3) is 5.91 Å². The van der Waals surface area contributed by atoms with Crippen molar-refractivity contribution in [1.29, 1.82) is 0 Å². The van der Waals surface area contributed by atoms with Gasteiger partial charge in [0.15, 0.2) is 0 Å². The normalized spacial score (nSPS) is 20.7. The van der Waals surface area contributed by atoms with E-state index in [2.05, 4.69) is 4.98 Å². The molecule has 4 nitrogen and oxygen atoms in total. The number of halogens is 2. The van der Waals surface area contributed by atoms with Crippen molar-refractivity contribution in [3.8, 4) is 11.1 Å². The molecule has 1 aliphatic rings. The molecule has 23 heavy (non-hydrogen) atoms. The number of nitrogens with zero attached hydrogens (tertiary/aromatic N) is 2. The summed E-state index contributed by atoms with van der Waals surface area (Å²) in [6.45, 7) is -0.230. The summed E-state index contributed by atoms with van der Waals surface area (Å²) in [7, 11) is 0. The van der Waals surface area contributed by atoms with Gasteiger partial charge in [0.2, 0.25) is 0 Å². The number of aliphatic hydroxyl groups excluding tert-OH is 1. The summed E-state index contributed by atoms with van der Waals surface area (Å²) in [5.41, 5.74) is 2.05. The average molecular weight is 335 g/mol. The summed E-state index contributed by atoms with van der Waals surface area (Å²) in [5, 5.41) is 9.95. The number of rotatable bonds is 3. The molecule has 1 saturated heterocycles. The topological polar surface area (TPSA) is 53.4 Å². The number of aromatic nitrogens is 1. The standard InChI is InChI=1S/C17H16ClFN2O2/c18-14-3-1-11(2-4-14)12-5-13(8-20-7-12)17(23)21-9-15(19)6-16(21)10-22/h1-5,7-8,15-16,22H,6,9-10H2/t15-,16-/m0/s1. The van der Waals surface area contributed by atoms with E-state index >= 15 is 0 Å². The summed E-state index contributed by atoms with van der Waals surface area (Å²) in [6.07, 6.45) is 2.20. The molecule has 1 fully saturated rings. The van der Waals surface area contributed by atoms with Crippen LogP contribution in [-0.2, 0) is 0 Å². The van der Waals surface area contributed by atoms with Crippen molar-refractivity contribution in [2.45, 2.75) is 18.6 Å². The highest BCUT2D eigenvalue weighted by molar-refractivity contribution is 6.30. The Balaban J connectivity index is 1.87. The summed E-state index contributed by atoms with van der Waals surface area (Å²) in [5.74, 6) is -0.312. The molecule has 1 N–H and O–H groups in total. The number of benzene rings is 1. The third kappa shape index (κ3) is 3.35. The van der Waals surface area contributed by atoms with Crippen molar-refractivity contribution in [3.63, 3.8) is 0 Å². The van der Waals surface area contributed by atoms with Crippen molar-refractivity contribution >= 4 is 17.5 Å². The van der Waals surface area contributed by atoms with Crippen LogP contribution >= 0.6 is 11.6 Å². The largest absolute Gasteiger partial charge is 0.394 e. The molecular weight excluding hydrogens is 319 g/mol. The molecule has 0 saturated carbocycles. The SMILES string of the molecule is O=C(c1cncc(-c2ccc(Cl)cc2)c1)N1C[C@@H](F)C[C@H]1CO. The van der Waals surface area contributed by atoms with Gasteiger partial charge in [-0.3, -0.25) is 9.78 Å². The first-order valence-electron chi connectivity index (χ1n) is 7.35. The third-order valence-corrected chi connectivity index (χ3v) is 4.25. The Bertz CT molecular complexity index is 708. The molecule has 6 heteroatoms. The van der Waals surface area contributed by atoms with Crippen molar-refractivity contribution in [2.24, 2.45) is 0 Å². The van der Waals surface area contributed by atoms with E-state index in [-0.39, 0.29) is 25.5 Å². The van der Waals surface area contributed by atoms with Crippen LogP contribution in [0, 0.1) is 0 Å².